The molecule has 1 fully saturated rings. The zero-order valence-corrected chi connectivity index (χ0v) is 18.5. The third kappa shape index (κ3) is 5.80. The summed E-state index contributed by atoms with van der Waals surface area (Å²) in [4.78, 5) is 37.9. The maximum Gasteiger partial charge on any atom is 0.343 e. The van der Waals surface area contributed by atoms with Gasteiger partial charge in [0.2, 0.25) is 0 Å². The van der Waals surface area contributed by atoms with Gasteiger partial charge >= 0.3 is 5.97 Å². The minimum atomic E-state index is -0.513. The minimum Gasteiger partial charge on any atom is -0.490 e. The first kappa shape index (κ1) is 22.7. The van der Waals surface area contributed by atoms with Gasteiger partial charge in [0, 0.05) is 5.02 Å². The first-order valence-corrected chi connectivity index (χ1v) is 10.6. The number of benzene rings is 2. The summed E-state index contributed by atoms with van der Waals surface area (Å²) < 4.78 is 15.6. The van der Waals surface area contributed by atoms with Gasteiger partial charge in [0.1, 0.15) is 0 Å². The van der Waals surface area contributed by atoms with Crippen LogP contribution in [-0.4, -0.2) is 42.3 Å². The SMILES string of the molecule is CCOc1cc(/C=C2/SC(=O)N(Cc3ccc(Cl)cc3)C2=O)ccc1OCC(=O)OC. The molecule has 3 rings (SSSR count). The second kappa shape index (κ2) is 10.4. The first-order chi connectivity index (χ1) is 14.9. The van der Waals surface area contributed by atoms with Crippen LogP contribution in [0.15, 0.2) is 47.4 Å². The molecule has 0 spiro atoms. The van der Waals surface area contributed by atoms with Crippen molar-refractivity contribution >= 4 is 46.6 Å². The molecule has 0 saturated carbocycles. The van der Waals surface area contributed by atoms with E-state index in [2.05, 4.69) is 4.74 Å². The Morgan fingerprint density at radius 2 is 1.84 bits per heavy atom. The van der Waals surface area contributed by atoms with E-state index in [0.717, 1.165) is 17.3 Å². The maximum absolute atomic E-state index is 12.8. The Labute approximate surface area is 188 Å². The number of nitrogens with zero attached hydrogens (tertiary/aromatic N) is 1. The van der Waals surface area contributed by atoms with E-state index in [1.54, 1.807) is 48.5 Å². The van der Waals surface area contributed by atoms with E-state index in [9.17, 15) is 14.4 Å². The van der Waals surface area contributed by atoms with Crippen molar-refractivity contribution in [2.45, 2.75) is 13.5 Å². The predicted molar refractivity (Wildman–Crippen MR) is 118 cm³/mol. The van der Waals surface area contributed by atoms with Gasteiger partial charge in [0.25, 0.3) is 11.1 Å². The van der Waals surface area contributed by atoms with Crippen LogP contribution in [0, 0.1) is 0 Å². The highest BCUT2D eigenvalue weighted by Crippen LogP contribution is 2.35. The predicted octanol–water partition coefficient (Wildman–Crippen LogP) is 4.53. The molecule has 2 aromatic rings. The summed E-state index contributed by atoms with van der Waals surface area (Å²) in [5, 5.41) is 0.246. The summed E-state index contributed by atoms with van der Waals surface area (Å²) in [7, 11) is 1.28. The van der Waals surface area contributed by atoms with Gasteiger partial charge < -0.3 is 14.2 Å². The molecule has 31 heavy (non-hydrogen) atoms. The van der Waals surface area contributed by atoms with Crippen LogP contribution in [0.5, 0.6) is 11.5 Å². The molecule has 0 unspecified atom stereocenters. The molecule has 162 valence electrons. The number of hydrogen-bond acceptors (Lipinski definition) is 7. The Morgan fingerprint density at radius 1 is 1.10 bits per heavy atom. The van der Waals surface area contributed by atoms with Crippen LogP contribution in [0.1, 0.15) is 18.1 Å². The van der Waals surface area contributed by atoms with Crippen LogP contribution in [0.4, 0.5) is 4.79 Å². The minimum absolute atomic E-state index is 0.170. The van der Waals surface area contributed by atoms with Crippen LogP contribution in [0.3, 0.4) is 0 Å². The highest BCUT2D eigenvalue weighted by atomic mass is 35.5. The van der Waals surface area contributed by atoms with Crippen LogP contribution in [0.2, 0.25) is 5.02 Å². The van der Waals surface area contributed by atoms with Crippen molar-refractivity contribution in [3.63, 3.8) is 0 Å². The fraction of sp³-hybridized carbons (Fsp3) is 0.227. The Balaban J connectivity index is 1.77. The molecule has 2 aromatic carbocycles. The second-order valence-electron chi connectivity index (χ2n) is 6.40. The molecule has 1 saturated heterocycles. The molecule has 9 heteroatoms. The number of rotatable bonds is 8. The Morgan fingerprint density at radius 3 is 2.52 bits per heavy atom. The summed E-state index contributed by atoms with van der Waals surface area (Å²) in [6, 6.07) is 12.0. The lowest BCUT2D eigenvalue weighted by Gasteiger charge is -2.13. The Kier molecular flexibility index (Phi) is 7.59. The van der Waals surface area contributed by atoms with E-state index >= 15 is 0 Å². The van der Waals surface area contributed by atoms with E-state index in [-0.39, 0.29) is 24.3 Å². The number of amides is 2. The average molecular weight is 462 g/mol. The summed E-state index contributed by atoms with van der Waals surface area (Å²) >= 11 is 6.76. The number of imide groups is 1. The standard InChI is InChI=1S/C22H20ClNO6S/c1-3-29-18-10-15(6-9-17(18)30-13-20(25)28-2)11-19-21(26)24(22(27)31-19)12-14-4-7-16(23)8-5-14/h4-11H,3,12-13H2,1-2H3/b19-11+. The number of hydrogen-bond donors (Lipinski definition) is 0. The Bertz CT molecular complexity index is 1020. The number of thioether (sulfide) groups is 1. The molecular formula is C22H20ClNO6S. The van der Waals surface area contributed by atoms with Crippen LogP contribution >= 0.6 is 23.4 Å². The van der Waals surface area contributed by atoms with Gasteiger partial charge in [-0.2, -0.15) is 0 Å². The van der Waals surface area contributed by atoms with Crippen molar-refractivity contribution in [3.8, 4) is 11.5 Å². The maximum atomic E-state index is 12.8. The van der Waals surface area contributed by atoms with Crippen molar-refractivity contribution in [3.05, 3.63) is 63.5 Å². The summed E-state index contributed by atoms with van der Waals surface area (Å²) in [5.41, 5.74) is 1.46. The van der Waals surface area contributed by atoms with Crippen molar-refractivity contribution < 1.29 is 28.6 Å². The summed E-state index contributed by atoms with van der Waals surface area (Å²) in [6.07, 6.45) is 1.62. The smallest absolute Gasteiger partial charge is 0.343 e. The second-order valence-corrected chi connectivity index (χ2v) is 7.83. The monoisotopic (exact) mass is 461 g/mol. The largest absolute Gasteiger partial charge is 0.490 e. The average Bonchev–Trinajstić information content (AvgIpc) is 3.02. The molecule has 0 aliphatic carbocycles. The van der Waals surface area contributed by atoms with Crippen LogP contribution < -0.4 is 9.47 Å². The summed E-state index contributed by atoms with van der Waals surface area (Å²) in [5.74, 6) is -0.0874. The molecule has 0 atom stereocenters. The van der Waals surface area contributed by atoms with E-state index in [1.807, 2.05) is 6.92 Å². The molecule has 0 aromatic heterocycles. The van der Waals surface area contributed by atoms with Gasteiger partial charge in [0.05, 0.1) is 25.2 Å². The van der Waals surface area contributed by atoms with Crippen molar-refractivity contribution in [1.82, 2.24) is 4.90 Å². The highest BCUT2D eigenvalue weighted by molar-refractivity contribution is 8.18. The molecule has 1 aliphatic rings. The molecule has 7 nitrogen and oxygen atoms in total. The molecule has 0 radical (unpaired) electrons. The summed E-state index contributed by atoms with van der Waals surface area (Å²) in [6.45, 7) is 2.12. The molecule has 0 N–H and O–H groups in total. The lowest BCUT2D eigenvalue weighted by molar-refractivity contribution is -0.142. The normalized spacial score (nSPS) is 14.8. The van der Waals surface area contributed by atoms with E-state index < -0.39 is 5.97 Å². The van der Waals surface area contributed by atoms with Crippen LogP contribution in [-0.2, 0) is 20.9 Å². The van der Waals surface area contributed by atoms with E-state index in [4.69, 9.17) is 21.1 Å². The van der Waals surface area contributed by atoms with Gasteiger partial charge in [-0.3, -0.25) is 14.5 Å². The molecule has 2 amide bonds. The fourth-order valence-electron chi connectivity index (χ4n) is 2.76. The van der Waals surface area contributed by atoms with Crippen molar-refractivity contribution in [2.24, 2.45) is 0 Å². The molecule has 1 aliphatic heterocycles. The lowest BCUT2D eigenvalue weighted by Crippen LogP contribution is -2.27. The van der Waals surface area contributed by atoms with E-state index in [1.165, 1.54) is 12.0 Å². The number of ether oxygens (including phenoxy) is 3. The first-order valence-electron chi connectivity index (χ1n) is 9.37. The third-order valence-corrected chi connectivity index (χ3v) is 5.43. The van der Waals surface area contributed by atoms with Crippen molar-refractivity contribution in [1.29, 1.82) is 0 Å². The van der Waals surface area contributed by atoms with Gasteiger partial charge in [-0.15, -0.1) is 0 Å². The van der Waals surface area contributed by atoms with Gasteiger partial charge in [0.15, 0.2) is 18.1 Å². The van der Waals surface area contributed by atoms with Gasteiger partial charge in [-0.25, -0.2) is 4.79 Å². The molecule has 0 bridgehead atoms. The fourth-order valence-corrected chi connectivity index (χ4v) is 3.72. The molecular weight excluding hydrogens is 442 g/mol. The third-order valence-electron chi connectivity index (χ3n) is 4.27. The number of carbonyl (C=O) groups is 3. The highest BCUT2D eigenvalue weighted by Gasteiger charge is 2.35. The molecule has 1 heterocycles. The zero-order valence-electron chi connectivity index (χ0n) is 16.9. The number of halogens is 1. The van der Waals surface area contributed by atoms with Gasteiger partial charge in [-0.1, -0.05) is 29.8 Å². The Hall–Kier alpha value is -2.97. The zero-order chi connectivity index (χ0) is 22.4. The topological polar surface area (TPSA) is 82.1 Å². The van der Waals surface area contributed by atoms with Crippen LogP contribution in [0.25, 0.3) is 6.08 Å². The quantitative estimate of drug-likeness (QED) is 0.422. The van der Waals surface area contributed by atoms with Crippen molar-refractivity contribution in [2.75, 3.05) is 20.3 Å². The van der Waals surface area contributed by atoms with Gasteiger partial charge in [-0.05, 0) is 60.2 Å². The van der Waals surface area contributed by atoms with E-state index in [0.29, 0.717) is 33.6 Å². The number of methoxy groups -OCH3 is 1. The lowest BCUT2D eigenvalue weighted by atomic mass is 10.1. The number of esters is 1. The number of carbonyl (C=O) groups excluding carboxylic acids is 3.